The Morgan fingerprint density at radius 2 is 1.71 bits per heavy atom. The van der Waals surface area contributed by atoms with Gasteiger partial charge in [0.1, 0.15) is 0 Å². The van der Waals surface area contributed by atoms with E-state index in [0.29, 0.717) is 0 Å². The van der Waals surface area contributed by atoms with Crippen molar-refractivity contribution in [2.24, 2.45) is 0 Å². The van der Waals surface area contributed by atoms with Gasteiger partial charge in [-0.15, -0.1) is 0 Å². The summed E-state index contributed by atoms with van der Waals surface area (Å²) in [7, 11) is -4.10. The van der Waals surface area contributed by atoms with Gasteiger partial charge in [0.2, 0.25) is 0 Å². The van der Waals surface area contributed by atoms with Crippen LogP contribution in [0.4, 0.5) is 0 Å². The molecule has 0 saturated carbocycles. The lowest BCUT2D eigenvalue weighted by Gasteiger charge is -2.04. The summed E-state index contributed by atoms with van der Waals surface area (Å²) < 4.78 is 31.3. The van der Waals surface area contributed by atoms with Gasteiger partial charge < -0.3 is 0 Å². The zero-order valence-corrected chi connectivity index (χ0v) is 8.93. The van der Waals surface area contributed by atoms with Gasteiger partial charge in [-0.05, 0) is 19.4 Å². The van der Waals surface area contributed by atoms with E-state index in [4.69, 9.17) is 4.55 Å². The van der Waals surface area contributed by atoms with Gasteiger partial charge in [-0.1, -0.05) is 29.3 Å². The van der Waals surface area contributed by atoms with E-state index in [1.807, 2.05) is 36.8 Å². The number of aryl methyl sites for hydroxylation is 2. The molecule has 0 radical (unpaired) electrons. The molecule has 0 spiro atoms. The van der Waals surface area contributed by atoms with Gasteiger partial charge in [0.25, 0.3) is 0 Å². The molecule has 0 fully saturated rings. The van der Waals surface area contributed by atoms with Gasteiger partial charge in [0.05, 0.1) is 0 Å². The molecule has 0 saturated heterocycles. The van der Waals surface area contributed by atoms with Crippen LogP contribution in [0.25, 0.3) is 0 Å². The zero-order chi connectivity index (χ0) is 10.8. The molecule has 14 heavy (non-hydrogen) atoms. The summed E-state index contributed by atoms with van der Waals surface area (Å²) in [4.78, 5) is 0. The summed E-state index contributed by atoms with van der Waals surface area (Å²) in [5, 5.41) is 0. The van der Waals surface area contributed by atoms with Crippen molar-refractivity contribution in [2.75, 3.05) is 0 Å². The predicted octanol–water partition coefficient (Wildman–Crippen LogP) is 1.20. The van der Waals surface area contributed by atoms with E-state index in [9.17, 15) is 8.42 Å². The topological polar surface area (TPSA) is 66.4 Å². The third-order valence-electron chi connectivity index (χ3n) is 1.74. The number of rotatable bonds is 3. The van der Waals surface area contributed by atoms with Crippen LogP contribution in [-0.4, -0.2) is 13.0 Å². The van der Waals surface area contributed by atoms with E-state index in [1.165, 1.54) is 0 Å². The molecule has 0 amide bonds. The normalized spacial score (nSPS) is 11.6. The molecule has 5 heteroatoms. The van der Waals surface area contributed by atoms with Crippen molar-refractivity contribution in [3.63, 3.8) is 0 Å². The highest BCUT2D eigenvalue weighted by molar-refractivity contribution is 7.83. The van der Waals surface area contributed by atoms with Gasteiger partial charge in [-0.2, -0.15) is 13.1 Å². The Kier molecular flexibility index (Phi) is 3.25. The number of nitrogens with one attached hydrogen (secondary N) is 1. The number of benzene rings is 1. The molecule has 0 aromatic heterocycles. The quantitative estimate of drug-likeness (QED) is 0.744. The molecule has 1 aromatic rings. The molecule has 0 atom stereocenters. The van der Waals surface area contributed by atoms with Crippen LogP contribution in [0.2, 0.25) is 0 Å². The molecule has 0 aliphatic rings. The summed E-state index contributed by atoms with van der Waals surface area (Å²) in [6, 6.07) is 5.73. The van der Waals surface area contributed by atoms with Crippen LogP contribution in [0.1, 0.15) is 16.7 Å². The van der Waals surface area contributed by atoms with E-state index in [2.05, 4.69) is 0 Å². The molecule has 1 rings (SSSR count). The Balaban J connectivity index is 2.78. The average Bonchev–Trinajstić information content (AvgIpc) is 1.97. The lowest BCUT2D eigenvalue weighted by molar-refractivity contribution is 0.467. The Morgan fingerprint density at radius 3 is 2.14 bits per heavy atom. The minimum Gasteiger partial charge on any atom is -0.273 e. The van der Waals surface area contributed by atoms with Crippen molar-refractivity contribution in [1.82, 2.24) is 4.72 Å². The number of hydrogen-bond donors (Lipinski definition) is 2. The fraction of sp³-hybridized carbons (Fsp3) is 0.333. The van der Waals surface area contributed by atoms with Crippen LogP contribution in [-0.2, 0) is 16.8 Å². The van der Waals surface area contributed by atoms with E-state index in [-0.39, 0.29) is 6.54 Å². The Hall–Kier alpha value is -0.910. The summed E-state index contributed by atoms with van der Waals surface area (Å²) in [5.74, 6) is 0. The van der Waals surface area contributed by atoms with Crippen molar-refractivity contribution >= 4 is 10.3 Å². The second-order valence-corrected chi connectivity index (χ2v) is 4.53. The van der Waals surface area contributed by atoms with E-state index in [0.717, 1.165) is 16.7 Å². The van der Waals surface area contributed by atoms with Crippen molar-refractivity contribution in [3.8, 4) is 0 Å². The van der Waals surface area contributed by atoms with Crippen molar-refractivity contribution < 1.29 is 13.0 Å². The lowest BCUT2D eigenvalue weighted by atomic mass is 10.1. The van der Waals surface area contributed by atoms with Crippen molar-refractivity contribution in [1.29, 1.82) is 0 Å². The summed E-state index contributed by atoms with van der Waals surface area (Å²) >= 11 is 0. The predicted molar refractivity (Wildman–Crippen MR) is 54.3 cm³/mol. The van der Waals surface area contributed by atoms with Crippen LogP contribution >= 0.6 is 0 Å². The highest BCUT2D eigenvalue weighted by Crippen LogP contribution is 2.08. The van der Waals surface area contributed by atoms with Gasteiger partial charge in [0.15, 0.2) is 0 Å². The maximum atomic E-state index is 10.4. The third kappa shape index (κ3) is 3.87. The monoisotopic (exact) mass is 215 g/mol. The fourth-order valence-corrected chi connectivity index (χ4v) is 1.69. The number of hydrogen-bond acceptors (Lipinski definition) is 2. The average molecular weight is 215 g/mol. The molecular weight excluding hydrogens is 202 g/mol. The van der Waals surface area contributed by atoms with Crippen LogP contribution in [0, 0.1) is 13.8 Å². The minimum absolute atomic E-state index is 0.112. The standard InChI is InChI=1S/C9H13NO3S/c1-7-3-8(2)5-9(4-7)6-10-14(11,12)13/h3-5,10H,6H2,1-2H3,(H,11,12,13). The summed E-state index contributed by atoms with van der Waals surface area (Å²) in [6.45, 7) is 3.98. The van der Waals surface area contributed by atoms with Crippen LogP contribution in [0.3, 0.4) is 0 Å². The molecule has 0 aliphatic heterocycles. The van der Waals surface area contributed by atoms with E-state index >= 15 is 0 Å². The summed E-state index contributed by atoms with van der Waals surface area (Å²) in [6.07, 6.45) is 0. The maximum absolute atomic E-state index is 10.4. The molecule has 78 valence electrons. The molecule has 4 nitrogen and oxygen atoms in total. The van der Waals surface area contributed by atoms with E-state index in [1.54, 1.807) is 0 Å². The second-order valence-electron chi connectivity index (χ2n) is 3.29. The van der Waals surface area contributed by atoms with Crippen molar-refractivity contribution in [3.05, 3.63) is 34.9 Å². The van der Waals surface area contributed by atoms with Crippen LogP contribution in [0.5, 0.6) is 0 Å². The van der Waals surface area contributed by atoms with Gasteiger partial charge in [0, 0.05) is 6.54 Å². The highest BCUT2D eigenvalue weighted by Gasteiger charge is 2.03. The first kappa shape index (κ1) is 11.2. The lowest BCUT2D eigenvalue weighted by Crippen LogP contribution is -2.21. The Bertz CT molecular complexity index is 405. The first-order valence-corrected chi connectivity index (χ1v) is 5.60. The first-order valence-electron chi connectivity index (χ1n) is 4.16. The Labute approximate surface area is 83.8 Å². The molecule has 0 bridgehead atoms. The molecule has 0 heterocycles. The molecular formula is C9H13NO3S. The third-order valence-corrected chi connectivity index (χ3v) is 2.25. The highest BCUT2D eigenvalue weighted by atomic mass is 32.2. The van der Waals surface area contributed by atoms with Crippen LogP contribution in [0.15, 0.2) is 18.2 Å². The van der Waals surface area contributed by atoms with Gasteiger partial charge >= 0.3 is 10.3 Å². The summed E-state index contributed by atoms with van der Waals surface area (Å²) in [5.41, 5.74) is 2.97. The molecule has 1 aromatic carbocycles. The maximum Gasteiger partial charge on any atom is 0.333 e. The Morgan fingerprint density at radius 1 is 1.21 bits per heavy atom. The second kappa shape index (κ2) is 4.08. The molecule has 0 unspecified atom stereocenters. The zero-order valence-electron chi connectivity index (χ0n) is 8.11. The van der Waals surface area contributed by atoms with Gasteiger partial charge in [-0.3, -0.25) is 4.55 Å². The van der Waals surface area contributed by atoms with Crippen LogP contribution < -0.4 is 4.72 Å². The molecule has 0 aliphatic carbocycles. The molecule has 2 N–H and O–H groups in total. The van der Waals surface area contributed by atoms with E-state index < -0.39 is 10.3 Å². The smallest absolute Gasteiger partial charge is 0.273 e. The fourth-order valence-electron chi connectivity index (χ4n) is 1.35. The SMILES string of the molecule is Cc1cc(C)cc(CNS(=O)(=O)O)c1. The van der Waals surface area contributed by atoms with Gasteiger partial charge in [-0.25, -0.2) is 0 Å². The minimum atomic E-state index is -4.10. The largest absolute Gasteiger partial charge is 0.333 e. The first-order chi connectivity index (χ1) is 6.37. The van der Waals surface area contributed by atoms with Crippen molar-refractivity contribution in [2.45, 2.75) is 20.4 Å².